The van der Waals surface area contributed by atoms with Crippen LogP contribution in [0.3, 0.4) is 0 Å². The van der Waals surface area contributed by atoms with Gasteiger partial charge in [0, 0.05) is 11.5 Å². The minimum Gasteiger partial charge on any atom is -0.221 e. The lowest BCUT2D eigenvalue weighted by Crippen LogP contribution is -2.21. The molecule has 1 heterocycles. The molecule has 1 aromatic rings. The van der Waals surface area contributed by atoms with Crippen molar-refractivity contribution in [1.29, 1.82) is 0 Å². The molecule has 0 N–H and O–H groups in total. The van der Waals surface area contributed by atoms with Gasteiger partial charge in [-0.05, 0) is 49.9 Å². The largest absolute Gasteiger partial charge is 0.221 e. The van der Waals surface area contributed by atoms with Gasteiger partial charge in [0.1, 0.15) is 16.1 Å². The van der Waals surface area contributed by atoms with E-state index in [0.717, 1.165) is 24.2 Å². The van der Waals surface area contributed by atoms with Crippen LogP contribution in [0.4, 0.5) is 0 Å². The average Bonchev–Trinajstić information content (AvgIpc) is 2.91. The van der Waals surface area contributed by atoms with E-state index in [1.54, 1.807) is 0 Å². The van der Waals surface area contributed by atoms with Gasteiger partial charge >= 0.3 is 0 Å². The zero-order chi connectivity index (χ0) is 15.0. The van der Waals surface area contributed by atoms with Crippen LogP contribution in [-0.2, 0) is 0 Å². The fourth-order valence-corrected chi connectivity index (χ4v) is 4.53. The third-order valence-corrected chi connectivity index (χ3v) is 5.91. The molecule has 2 aliphatic rings. The third-order valence-electron chi connectivity index (χ3n) is 5.34. The van der Waals surface area contributed by atoms with Crippen LogP contribution in [0.2, 0.25) is 10.3 Å². The molecule has 0 saturated heterocycles. The molecule has 0 aliphatic heterocycles. The fourth-order valence-electron chi connectivity index (χ4n) is 3.82. The van der Waals surface area contributed by atoms with Gasteiger partial charge in [0.15, 0.2) is 0 Å². The molecule has 21 heavy (non-hydrogen) atoms. The molecule has 2 nitrogen and oxygen atoms in total. The molecule has 2 aliphatic carbocycles. The highest BCUT2D eigenvalue weighted by Gasteiger charge is 2.31. The summed E-state index contributed by atoms with van der Waals surface area (Å²) in [5, 5.41) is 1.20. The summed E-state index contributed by atoms with van der Waals surface area (Å²) in [6, 6.07) is 0. The van der Waals surface area contributed by atoms with E-state index in [0.29, 0.717) is 27.6 Å². The normalized spacial score (nSPS) is 23.6. The molecule has 0 unspecified atom stereocenters. The van der Waals surface area contributed by atoms with Crippen molar-refractivity contribution in [2.75, 3.05) is 0 Å². The molecule has 116 valence electrons. The Labute approximate surface area is 137 Å². The van der Waals surface area contributed by atoms with E-state index in [1.807, 2.05) is 0 Å². The van der Waals surface area contributed by atoms with Crippen LogP contribution < -0.4 is 0 Å². The topological polar surface area (TPSA) is 25.8 Å². The molecule has 3 rings (SSSR count). The van der Waals surface area contributed by atoms with Crippen molar-refractivity contribution in [2.45, 2.75) is 77.0 Å². The summed E-state index contributed by atoms with van der Waals surface area (Å²) in [7, 11) is 0. The maximum absolute atomic E-state index is 6.45. The van der Waals surface area contributed by atoms with E-state index in [4.69, 9.17) is 23.2 Å². The Bertz CT molecular complexity index is 489. The summed E-state index contributed by atoms with van der Waals surface area (Å²) >= 11 is 12.9. The van der Waals surface area contributed by atoms with Crippen molar-refractivity contribution in [3.8, 4) is 0 Å². The summed E-state index contributed by atoms with van der Waals surface area (Å²) < 4.78 is 0. The summed E-state index contributed by atoms with van der Waals surface area (Å²) in [4.78, 5) is 9.24. The van der Waals surface area contributed by atoms with E-state index < -0.39 is 0 Å². The Morgan fingerprint density at radius 2 is 1.38 bits per heavy atom. The lowest BCUT2D eigenvalue weighted by Gasteiger charge is -2.33. The molecular formula is C17H24Cl2N2. The third kappa shape index (κ3) is 3.37. The standard InChI is InChI=1S/C17H24Cl2N2/c1-17(2)9-7-12(8-10-17)16-20-14(18)13(15(19)21-16)11-5-3-4-6-11/h11-12H,3-10H2,1-2H3. The van der Waals surface area contributed by atoms with Gasteiger partial charge in [-0.15, -0.1) is 0 Å². The van der Waals surface area contributed by atoms with Crippen LogP contribution >= 0.6 is 23.2 Å². The molecule has 0 bridgehead atoms. The molecule has 0 spiro atoms. The second kappa shape index (κ2) is 6.04. The number of rotatable bonds is 2. The summed E-state index contributed by atoms with van der Waals surface area (Å²) in [6.45, 7) is 4.68. The van der Waals surface area contributed by atoms with Gasteiger partial charge in [-0.2, -0.15) is 0 Å². The first-order chi connectivity index (χ1) is 9.96. The predicted molar refractivity (Wildman–Crippen MR) is 88.3 cm³/mol. The Kier molecular flexibility index (Phi) is 4.47. The minimum absolute atomic E-state index is 0.422. The molecule has 4 heteroatoms. The lowest BCUT2D eigenvalue weighted by atomic mass is 9.73. The van der Waals surface area contributed by atoms with Crippen molar-refractivity contribution >= 4 is 23.2 Å². The number of nitrogens with zero attached hydrogens (tertiary/aromatic N) is 2. The maximum Gasteiger partial charge on any atom is 0.137 e. The molecule has 0 amide bonds. The average molecular weight is 327 g/mol. The van der Waals surface area contributed by atoms with E-state index in [-0.39, 0.29) is 0 Å². The van der Waals surface area contributed by atoms with Crippen molar-refractivity contribution < 1.29 is 0 Å². The van der Waals surface area contributed by atoms with E-state index in [2.05, 4.69) is 23.8 Å². The van der Waals surface area contributed by atoms with Crippen LogP contribution in [0.5, 0.6) is 0 Å². The van der Waals surface area contributed by atoms with Gasteiger partial charge in [-0.3, -0.25) is 0 Å². The lowest BCUT2D eigenvalue weighted by molar-refractivity contribution is 0.220. The van der Waals surface area contributed by atoms with E-state index in [1.165, 1.54) is 38.5 Å². The Hall–Kier alpha value is -0.340. The van der Waals surface area contributed by atoms with E-state index >= 15 is 0 Å². The SMILES string of the molecule is CC1(C)CCC(c2nc(Cl)c(C3CCCC3)c(Cl)n2)CC1. The van der Waals surface area contributed by atoms with Crippen molar-refractivity contribution in [3.63, 3.8) is 0 Å². The van der Waals surface area contributed by atoms with Crippen molar-refractivity contribution in [3.05, 3.63) is 21.7 Å². The van der Waals surface area contributed by atoms with Crippen LogP contribution in [-0.4, -0.2) is 9.97 Å². The monoisotopic (exact) mass is 326 g/mol. The molecule has 0 radical (unpaired) electrons. The first-order valence-corrected chi connectivity index (χ1v) is 8.95. The quantitative estimate of drug-likeness (QED) is 0.611. The van der Waals surface area contributed by atoms with Gasteiger partial charge in [0.05, 0.1) is 0 Å². The molecule has 0 atom stereocenters. The second-order valence-electron chi connectivity index (χ2n) is 7.50. The first kappa shape index (κ1) is 15.6. The van der Waals surface area contributed by atoms with E-state index in [9.17, 15) is 0 Å². The summed E-state index contributed by atoms with van der Waals surface area (Å²) in [5.74, 6) is 1.75. The Morgan fingerprint density at radius 3 is 1.90 bits per heavy atom. The van der Waals surface area contributed by atoms with Gasteiger partial charge in [-0.25, -0.2) is 9.97 Å². The number of aromatic nitrogens is 2. The highest BCUT2D eigenvalue weighted by molar-refractivity contribution is 6.34. The van der Waals surface area contributed by atoms with Crippen molar-refractivity contribution in [1.82, 2.24) is 9.97 Å². The Balaban J connectivity index is 1.82. The van der Waals surface area contributed by atoms with Gasteiger partial charge in [0.25, 0.3) is 0 Å². The van der Waals surface area contributed by atoms with Crippen LogP contribution in [0.15, 0.2) is 0 Å². The number of hydrogen-bond acceptors (Lipinski definition) is 2. The van der Waals surface area contributed by atoms with Gasteiger partial charge < -0.3 is 0 Å². The maximum atomic E-state index is 6.45. The second-order valence-corrected chi connectivity index (χ2v) is 8.21. The predicted octanol–water partition coefficient (Wildman–Crippen LogP) is 6.12. The number of hydrogen-bond donors (Lipinski definition) is 0. The minimum atomic E-state index is 0.422. The highest BCUT2D eigenvalue weighted by Crippen LogP contribution is 2.44. The summed E-state index contributed by atoms with van der Waals surface area (Å²) in [5.41, 5.74) is 1.45. The molecule has 0 aromatic carbocycles. The zero-order valence-corrected chi connectivity index (χ0v) is 14.5. The highest BCUT2D eigenvalue weighted by atomic mass is 35.5. The zero-order valence-electron chi connectivity index (χ0n) is 13.0. The summed E-state index contributed by atoms with van der Waals surface area (Å²) in [6.07, 6.45) is 9.58. The van der Waals surface area contributed by atoms with Crippen LogP contribution in [0.1, 0.15) is 88.4 Å². The molecular weight excluding hydrogens is 303 g/mol. The first-order valence-electron chi connectivity index (χ1n) is 8.19. The number of halogens is 2. The fraction of sp³-hybridized carbons (Fsp3) is 0.765. The van der Waals surface area contributed by atoms with Crippen LogP contribution in [0.25, 0.3) is 0 Å². The Morgan fingerprint density at radius 1 is 0.857 bits per heavy atom. The molecule has 2 saturated carbocycles. The van der Waals surface area contributed by atoms with Crippen molar-refractivity contribution in [2.24, 2.45) is 5.41 Å². The molecule has 1 aromatic heterocycles. The smallest absolute Gasteiger partial charge is 0.137 e. The van der Waals surface area contributed by atoms with Gasteiger partial charge in [-0.1, -0.05) is 49.9 Å². The van der Waals surface area contributed by atoms with Gasteiger partial charge in [0.2, 0.25) is 0 Å². The van der Waals surface area contributed by atoms with Crippen LogP contribution in [0, 0.1) is 5.41 Å². The molecule has 2 fully saturated rings.